The van der Waals surface area contributed by atoms with Crippen molar-refractivity contribution in [2.75, 3.05) is 6.61 Å². The second-order valence-electron chi connectivity index (χ2n) is 9.77. The summed E-state index contributed by atoms with van der Waals surface area (Å²) in [5.41, 5.74) is 3.34. The Kier molecular flexibility index (Phi) is 5.15. The normalized spacial score (nSPS) is 23.2. The molecule has 0 spiro atoms. The van der Waals surface area contributed by atoms with Gasteiger partial charge in [0, 0.05) is 18.0 Å². The predicted molar refractivity (Wildman–Crippen MR) is 122 cm³/mol. The molecule has 33 heavy (non-hydrogen) atoms. The molecule has 5 rings (SSSR count). The lowest BCUT2D eigenvalue weighted by Gasteiger charge is -2.33. The number of fused-ring (bicyclic) bond motifs is 5. The Morgan fingerprint density at radius 3 is 2.21 bits per heavy atom. The highest BCUT2D eigenvalue weighted by Crippen LogP contribution is 2.45. The van der Waals surface area contributed by atoms with Crippen molar-refractivity contribution in [3.05, 3.63) is 59.7 Å². The number of nitrogens with one attached hydrogen (secondary N) is 1. The van der Waals surface area contributed by atoms with Crippen LogP contribution in [-0.4, -0.2) is 52.2 Å². The molecule has 2 aromatic carbocycles. The van der Waals surface area contributed by atoms with E-state index in [1.54, 1.807) is 18.7 Å². The van der Waals surface area contributed by atoms with E-state index in [4.69, 9.17) is 4.74 Å². The summed E-state index contributed by atoms with van der Waals surface area (Å²) in [5, 5.41) is 12.2. The largest absolute Gasteiger partial charge is 0.481 e. The molecule has 2 aromatic rings. The van der Waals surface area contributed by atoms with Crippen LogP contribution in [0.4, 0.5) is 4.79 Å². The van der Waals surface area contributed by atoms with Gasteiger partial charge in [-0.05, 0) is 55.4 Å². The van der Waals surface area contributed by atoms with Crippen LogP contribution in [0.5, 0.6) is 0 Å². The fourth-order valence-electron chi connectivity index (χ4n) is 5.84. The van der Waals surface area contributed by atoms with Crippen molar-refractivity contribution < 1.29 is 24.2 Å². The molecule has 1 aliphatic carbocycles. The number of benzene rings is 2. The first-order valence-electron chi connectivity index (χ1n) is 11.5. The molecule has 3 atom stereocenters. The third-order valence-corrected chi connectivity index (χ3v) is 7.38. The first-order valence-corrected chi connectivity index (χ1v) is 11.5. The van der Waals surface area contributed by atoms with Gasteiger partial charge in [0.2, 0.25) is 5.91 Å². The standard InChI is InChI=1S/C26H28N2O5/c1-26(2,24(31)28-15-11-12-22(28)20(13-15)23(29)30)27-25(32)33-14-21-18-9-5-3-7-16(18)17-8-4-6-10-19(17)21/h3-10,15,20-22H,11-14H2,1-2H3,(H,27,32)(H,29,30)/t15-,20+,22+/m1/s1. The average molecular weight is 449 g/mol. The zero-order chi connectivity index (χ0) is 23.3. The monoisotopic (exact) mass is 448 g/mol. The molecule has 2 amide bonds. The molecule has 2 bridgehead atoms. The van der Waals surface area contributed by atoms with E-state index in [0.717, 1.165) is 28.7 Å². The summed E-state index contributed by atoms with van der Waals surface area (Å²) in [6.45, 7) is 3.45. The highest BCUT2D eigenvalue weighted by Gasteiger charge is 2.53. The first kappa shape index (κ1) is 21.5. The fourth-order valence-corrected chi connectivity index (χ4v) is 5.84. The smallest absolute Gasteiger partial charge is 0.408 e. The molecular formula is C26H28N2O5. The lowest BCUT2D eigenvalue weighted by molar-refractivity contribution is -0.144. The summed E-state index contributed by atoms with van der Waals surface area (Å²) in [6, 6.07) is 15.8. The van der Waals surface area contributed by atoms with Gasteiger partial charge in [-0.3, -0.25) is 9.59 Å². The minimum absolute atomic E-state index is 0.0623. The number of nitrogens with zero attached hydrogens (tertiary/aromatic N) is 1. The van der Waals surface area contributed by atoms with Crippen LogP contribution in [0.25, 0.3) is 11.1 Å². The van der Waals surface area contributed by atoms with E-state index in [1.807, 2.05) is 24.3 Å². The number of carbonyl (C=O) groups excluding carboxylic acids is 2. The zero-order valence-electron chi connectivity index (χ0n) is 18.8. The van der Waals surface area contributed by atoms with E-state index in [-0.39, 0.29) is 30.5 Å². The van der Waals surface area contributed by atoms with Crippen molar-refractivity contribution >= 4 is 18.0 Å². The lowest BCUT2D eigenvalue weighted by atomic mass is 9.89. The lowest BCUT2D eigenvalue weighted by Crippen LogP contribution is -2.57. The number of carbonyl (C=O) groups is 3. The molecule has 3 aliphatic rings. The van der Waals surface area contributed by atoms with Gasteiger partial charge in [0.25, 0.3) is 0 Å². The number of alkyl carbamates (subject to hydrolysis) is 1. The Morgan fingerprint density at radius 2 is 1.64 bits per heavy atom. The minimum Gasteiger partial charge on any atom is -0.481 e. The van der Waals surface area contributed by atoms with E-state index < -0.39 is 23.5 Å². The topological polar surface area (TPSA) is 95.9 Å². The van der Waals surface area contributed by atoms with Crippen LogP contribution in [0.15, 0.2) is 48.5 Å². The molecule has 0 saturated carbocycles. The molecule has 0 unspecified atom stereocenters. The molecule has 7 heteroatoms. The third-order valence-electron chi connectivity index (χ3n) is 7.38. The molecule has 2 fully saturated rings. The average Bonchev–Trinajstić information content (AvgIpc) is 3.46. The molecular weight excluding hydrogens is 420 g/mol. The van der Waals surface area contributed by atoms with Crippen molar-refractivity contribution in [3.63, 3.8) is 0 Å². The number of amides is 2. The Labute approximate surface area is 192 Å². The van der Waals surface area contributed by atoms with E-state index in [2.05, 4.69) is 29.6 Å². The minimum atomic E-state index is -1.20. The van der Waals surface area contributed by atoms with Crippen molar-refractivity contribution in [1.29, 1.82) is 0 Å². The quantitative estimate of drug-likeness (QED) is 0.726. The summed E-state index contributed by atoms with van der Waals surface area (Å²) in [7, 11) is 0. The van der Waals surface area contributed by atoms with Gasteiger partial charge in [-0.25, -0.2) is 4.79 Å². The van der Waals surface area contributed by atoms with Gasteiger partial charge >= 0.3 is 12.1 Å². The zero-order valence-corrected chi connectivity index (χ0v) is 18.8. The van der Waals surface area contributed by atoms with Crippen molar-refractivity contribution in [2.45, 2.75) is 56.7 Å². The van der Waals surface area contributed by atoms with Crippen LogP contribution in [-0.2, 0) is 14.3 Å². The second-order valence-corrected chi connectivity index (χ2v) is 9.77. The van der Waals surface area contributed by atoms with Gasteiger partial charge in [0.15, 0.2) is 0 Å². The summed E-state index contributed by atoms with van der Waals surface area (Å²) in [5.74, 6) is -1.71. The van der Waals surface area contributed by atoms with Crippen LogP contribution in [0.2, 0.25) is 0 Å². The van der Waals surface area contributed by atoms with E-state index in [9.17, 15) is 19.5 Å². The van der Waals surface area contributed by atoms with Crippen LogP contribution in [0, 0.1) is 5.92 Å². The van der Waals surface area contributed by atoms with Gasteiger partial charge in [0.05, 0.1) is 5.92 Å². The van der Waals surface area contributed by atoms with E-state index >= 15 is 0 Å². The maximum absolute atomic E-state index is 13.3. The van der Waals surface area contributed by atoms with E-state index in [1.165, 1.54) is 0 Å². The van der Waals surface area contributed by atoms with Crippen LogP contribution >= 0.6 is 0 Å². The number of ether oxygens (including phenoxy) is 1. The number of hydrogen-bond donors (Lipinski definition) is 2. The Bertz CT molecular complexity index is 1080. The molecule has 7 nitrogen and oxygen atoms in total. The molecule has 2 heterocycles. The Balaban J connectivity index is 1.25. The summed E-state index contributed by atoms with van der Waals surface area (Å²) in [6.07, 6.45) is 1.32. The SMILES string of the molecule is CC(C)(NC(=O)OCC1c2ccccc2-c2ccccc21)C(=O)N1[C@@H]2CC[C@H]1[C@@H](C(=O)O)C2. The molecule has 2 aliphatic heterocycles. The number of aliphatic carboxylic acids is 1. The predicted octanol–water partition coefficient (Wildman–Crippen LogP) is 3.77. The summed E-state index contributed by atoms with van der Waals surface area (Å²) < 4.78 is 5.60. The number of carboxylic acid groups (broad SMARTS) is 1. The summed E-state index contributed by atoms with van der Waals surface area (Å²) in [4.78, 5) is 39.2. The van der Waals surface area contributed by atoms with Gasteiger partial charge in [-0.2, -0.15) is 0 Å². The number of carboxylic acids is 1. The highest BCUT2D eigenvalue weighted by atomic mass is 16.5. The Morgan fingerprint density at radius 1 is 1.03 bits per heavy atom. The van der Waals surface area contributed by atoms with Gasteiger partial charge < -0.3 is 20.1 Å². The molecule has 0 aromatic heterocycles. The highest BCUT2D eigenvalue weighted by molar-refractivity contribution is 5.91. The van der Waals surface area contributed by atoms with Crippen LogP contribution < -0.4 is 5.32 Å². The van der Waals surface area contributed by atoms with Crippen LogP contribution in [0.1, 0.15) is 50.2 Å². The third kappa shape index (κ3) is 3.56. The van der Waals surface area contributed by atoms with Crippen LogP contribution in [0.3, 0.4) is 0 Å². The number of hydrogen-bond acceptors (Lipinski definition) is 4. The van der Waals surface area contributed by atoms with Crippen molar-refractivity contribution in [2.24, 2.45) is 5.92 Å². The molecule has 2 N–H and O–H groups in total. The van der Waals surface area contributed by atoms with Gasteiger partial charge in [0.1, 0.15) is 12.1 Å². The maximum atomic E-state index is 13.3. The first-order chi connectivity index (χ1) is 15.8. The fraction of sp³-hybridized carbons (Fsp3) is 0.423. The Hall–Kier alpha value is -3.35. The van der Waals surface area contributed by atoms with E-state index in [0.29, 0.717) is 12.8 Å². The van der Waals surface area contributed by atoms with Crippen molar-refractivity contribution in [1.82, 2.24) is 10.2 Å². The number of rotatable bonds is 5. The molecule has 0 radical (unpaired) electrons. The van der Waals surface area contributed by atoms with Gasteiger partial charge in [-0.1, -0.05) is 48.5 Å². The summed E-state index contributed by atoms with van der Waals surface area (Å²) >= 11 is 0. The van der Waals surface area contributed by atoms with Gasteiger partial charge in [-0.15, -0.1) is 0 Å². The molecule has 172 valence electrons. The maximum Gasteiger partial charge on any atom is 0.408 e. The second kappa shape index (κ2) is 7.90. The van der Waals surface area contributed by atoms with Crippen molar-refractivity contribution in [3.8, 4) is 11.1 Å². The molecule has 2 saturated heterocycles.